The SMILES string of the molecule is CC.CC.Cc1ccc2c(c1)C(CCCCCN(C)C)(CCCCCN(C)C)c1cc(C)ccc1-2. The zero-order valence-corrected chi connectivity index (χ0v) is 24.9. The van der Waals surface area contributed by atoms with E-state index in [-0.39, 0.29) is 5.41 Å². The maximum Gasteiger partial charge on any atom is 0.0215 e. The van der Waals surface area contributed by atoms with Crippen molar-refractivity contribution in [2.75, 3.05) is 41.3 Å². The van der Waals surface area contributed by atoms with Gasteiger partial charge in [0.25, 0.3) is 0 Å². The number of unbranched alkanes of at least 4 members (excludes halogenated alkanes) is 4. The van der Waals surface area contributed by atoms with Crippen LogP contribution in [0.3, 0.4) is 0 Å². The van der Waals surface area contributed by atoms with Gasteiger partial charge < -0.3 is 9.80 Å². The number of benzene rings is 2. The second-order valence-corrected chi connectivity index (χ2v) is 10.4. The number of nitrogens with zero attached hydrogens (tertiary/aromatic N) is 2. The highest BCUT2D eigenvalue weighted by atomic mass is 15.0. The summed E-state index contributed by atoms with van der Waals surface area (Å²) in [6.45, 7) is 14.9. The van der Waals surface area contributed by atoms with Crippen LogP contribution in [0.2, 0.25) is 0 Å². The molecule has 35 heavy (non-hydrogen) atoms. The zero-order chi connectivity index (χ0) is 26.4. The lowest BCUT2D eigenvalue weighted by Gasteiger charge is -2.33. The van der Waals surface area contributed by atoms with Gasteiger partial charge in [-0.25, -0.2) is 0 Å². The molecule has 0 bridgehead atoms. The Morgan fingerprint density at radius 2 is 0.914 bits per heavy atom. The van der Waals surface area contributed by atoms with Crippen molar-refractivity contribution in [3.8, 4) is 11.1 Å². The van der Waals surface area contributed by atoms with E-state index in [0.29, 0.717) is 0 Å². The lowest BCUT2D eigenvalue weighted by molar-refractivity contribution is 0.359. The summed E-state index contributed by atoms with van der Waals surface area (Å²) in [5.74, 6) is 0. The topological polar surface area (TPSA) is 6.48 Å². The predicted octanol–water partition coefficient (Wildman–Crippen LogP) is 8.87. The van der Waals surface area contributed by atoms with Crippen LogP contribution in [0.25, 0.3) is 11.1 Å². The number of fused-ring (bicyclic) bond motifs is 3. The Balaban J connectivity index is 0.00000145. The van der Waals surface area contributed by atoms with Crippen LogP contribution in [-0.2, 0) is 5.41 Å². The maximum absolute atomic E-state index is 2.50. The molecule has 3 rings (SSSR count). The molecule has 0 fully saturated rings. The van der Waals surface area contributed by atoms with Gasteiger partial charge in [0.05, 0.1) is 0 Å². The van der Waals surface area contributed by atoms with Crippen molar-refractivity contribution in [3.63, 3.8) is 0 Å². The molecule has 2 heteroatoms. The van der Waals surface area contributed by atoms with E-state index >= 15 is 0 Å². The molecule has 0 saturated carbocycles. The van der Waals surface area contributed by atoms with Crippen LogP contribution in [-0.4, -0.2) is 51.1 Å². The molecule has 0 N–H and O–H groups in total. The fourth-order valence-corrected chi connectivity index (χ4v) is 5.45. The van der Waals surface area contributed by atoms with Gasteiger partial charge >= 0.3 is 0 Å². The third-order valence-corrected chi connectivity index (χ3v) is 7.09. The van der Waals surface area contributed by atoms with Gasteiger partial charge in [-0.2, -0.15) is 0 Å². The Hall–Kier alpha value is -1.64. The van der Waals surface area contributed by atoms with Gasteiger partial charge in [0.2, 0.25) is 0 Å². The van der Waals surface area contributed by atoms with Gasteiger partial charge in [0.1, 0.15) is 0 Å². The van der Waals surface area contributed by atoms with E-state index in [4.69, 9.17) is 0 Å². The first-order chi connectivity index (χ1) is 16.8. The standard InChI is InChI=1S/C29H44N2.2C2H6/c1-23-13-15-25-26-16-14-24(2)22-28(26)29(27(25)21-23,17-9-7-11-19-30(3)4)18-10-8-12-20-31(5)6;2*1-2/h13-16,21-22H,7-12,17-20H2,1-6H3;2*1-2H3. The van der Waals surface area contributed by atoms with Crippen molar-refractivity contribution in [3.05, 3.63) is 58.7 Å². The van der Waals surface area contributed by atoms with Crippen molar-refractivity contribution in [1.29, 1.82) is 0 Å². The van der Waals surface area contributed by atoms with Gasteiger partial charge in [-0.1, -0.05) is 101 Å². The first-order valence-corrected chi connectivity index (χ1v) is 14.4. The van der Waals surface area contributed by atoms with Gasteiger partial charge in [-0.05, 0) is 103 Å². The minimum Gasteiger partial charge on any atom is -0.309 e. The average molecular weight is 481 g/mol. The second kappa shape index (κ2) is 16.2. The van der Waals surface area contributed by atoms with Crippen LogP contribution in [0.5, 0.6) is 0 Å². The summed E-state index contributed by atoms with van der Waals surface area (Å²) >= 11 is 0. The minimum atomic E-state index is 0.193. The highest BCUT2D eigenvalue weighted by Gasteiger charge is 2.42. The van der Waals surface area contributed by atoms with E-state index in [2.05, 4.69) is 88.2 Å². The molecule has 0 atom stereocenters. The molecule has 0 radical (unpaired) electrons. The van der Waals surface area contributed by atoms with Gasteiger partial charge in [0, 0.05) is 5.41 Å². The van der Waals surface area contributed by atoms with E-state index in [9.17, 15) is 0 Å². The lowest BCUT2D eigenvalue weighted by atomic mass is 9.70. The highest BCUT2D eigenvalue weighted by molar-refractivity contribution is 5.81. The zero-order valence-electron chi connectivity index (χ0n) is 24.9. The quantitative estimate of drug-likeness (QED) is 0.280. The molecule has 2 aromatic carbocycles. The first kappa shape index (κ1) is 31.4. The number of hydrogen-bond acceptors (Lipinski definition) is 2. The number of rotatable bonds is 12. The molecule has 0 unspecified atom stereocenters. The van der Waals surface area contributed by atoms with E-state index < -0.39 is 0 Å². The fourth-order valence-electron chi connectivity index (χ4n) is 5.45. The summed E-state index contributed by atoms with van der Waals surface area (Å²) in [7, 11) is 8.74. The normalized spacial score (nSPS) is 13.0. The highest BCUT2D eigenvalue weighted by Crippen LogP contribution is 2.54. The molecule has 0 spiro atoms. The van der Waals surface area contributed by atoms with E-state index in [1.54, 1.807) is 11.1 Å². The smallest absolute Gasteiger partial charge is 0.0215 e. The van der Waals surface area contributed by atoms with Gasteiger partial charge in [-0.15, -0.1) is 0 Å². The fraction of sp³-hybridized carbons (Fsp3) is 0.636. The van der Waals surface area contributed by atoms with Crippen LogP contribution >= 0.6 is 0 Å². The molecule has 0 saturated heterocycles. The number of hydrogen-bond donors (Lipinski definition) is 0. The minimum absolute atomic E-state index is 0.193. The third kappa shape index (κ3) is 8.76. The van der Waals surface area contributed by atoms with Crippen LogP contribution in [0.15, 0.2) is 36.4 Å². The molecule has 0 aromatic heterocycles. The molecule has 1 aliphatic carbocycles. The summed E-state index contributed by atoms with van der Waals surface area (Å²) in [6.07, 6.45) is 10.4. The van der Waals surface area contributed by atoms with Crippen LogP contribution < -0.4 is 0 Å². The average Bonchev–Trinajstić information content (AvgIpc) is 3.09. The van der Waals surface area contributed by atoms with Gasteiger partial charge in [-0.3, -0.25) is 0 Å². The van der Waals surface area contributed by atoms with E-state index in [1.807, 2.05) is 27.7 Å². The van der Waals surface area contributed by atoms with Crippen molar-refractivity contribution >= 4 is 0 Å². The van der Waals surface area contributed by atoms with Crippen molar-refractivity contribution in [2.45, 2.75) is 98.3 Å². The Morgan fingerprint density at radius 1 is 0.543 bits per heavy atom. The van der Waals surface area contributed by atoms with Crippen LogP contribution in [0.1, 0.15) is 101 Å². The Labute approximate surface area is 219 Å². The summed E-state index contributed by atoms with van der Waals surface area (Å²) < 4.78 is 0. The molecule has 2 nitrogen and oxygen atoms in total. The maximum atomic E-state index is 2.50. The summed E-state index contributed by atoms with van der Waals surface area (Å²) in [5.41, 5.74) is 9.17. The molecule has 0 amide bonds. The molecule has 1 aliphatic rings. The molecular weight excluding hydrogens is 424 g/mol. The summed E-state index contributed by atoms with van der Waals surface area (Å²) in [4.78, 5) is 4.63. The Kier molecular flexibility index (Phi) is 14.5. The lowest BCUT2D eigenvalue weighted by Crippen LogP contribution is -2.26. The monoisotopic (exact) mass is 480 g/mol. The molecule has 2 aromatic rings. The molecule has 198 valence electrons. The second-order valence-electron chi connectivity index (χ2n) is 10.4. The van der Waals surface area contributed by atoms with Crippen molar-refractivity contribution in [1.82, 2.24) is 9.80 Å². The number of aryl methyl sites for hydroxylation is 2. The van der Waals surface area contributed by atoms with E-state index in [0.717, 1.165) is 0 Å². The Morgan fingerprint density at radius 3 is 1.26 bits per heavy atom. The van der Waals surface area contributed by atoms with Crippen LogP contribution in [0, 0.1) is 13.8 Å². The first-order valence-electron chi connectivity index (χ1n) is 14.4. The summed E-state index contributed by atoms with van der Waals surface area (Å²) in [6, 6.07) is 14.4. The van der Waals surface area contributed by atoms with E-state index in [1.165, 1.54) is 86.7 Å². The van der Waals surface area contributed by atoms with Crippen LogP contribution in [0.4, 0.5) is 0 Å². The van der Waals surface area contributed by atoms with Crippen molar-refractivity contribution < 1.29 is 0 Å². The molecule has 0 aliphatic heterocycles. The largest absolute Gasteiger partial charge is 0.309 e. The van der Waals surface area contributed by atoms with Gasteiger partial charge in [0.15, 0.2) is 0 Å². The van der Waals surface area contributed by atoms with Crippen molar-refractivity contribution in [2.24, 2.45) is 0 Å². The molecular formula is C33H56N2. The summed E-state index contributed by atoms with van der Waals surface area (Å²) in [5, 5.41) is 0. The molecule has 0 heterocycles. The third-order valence-electron chi connectivity index (χ3n) is 7.09. The predicted molar refractivity (Wildman–Crippen MR) is 159 cm³/mol. The Bertz CT molecular complexity index is 779.